The second kappa shape index (κ2) is 4.43. The van der Waals surface area contributed by atoms with E-state index in [0.717, 1.165) is 16.2 Å². The average Bonchev–Trinajstić information content (AvgIpc) is 2.52. The number of fused-ring (bicyclic) bond motifs is 1. The van der Waals surface area contributed by atoms with Crippen molar-refractivity contribution in [3.05, 3.63) is 23.2 Å². The molecule has 80 valence electrons. The van der Waals surface area contributed by atoms with E-state index in [4.69, 9.17) is 16.7 Å². The first-order valence-corrected chi connectivity index (χ1v) is 5.94. The highest BCUT2D eigenvalue weighted by Gasteiger charge is 2.07. The highest BCUT2D eigenvalue weighted by molar-refractivity contribution is 7.99. The molecule has 0 spiro atoms. The Balaban J connectivity index is 2.44. The van der Waals surface area contributed by atoms with Crippen LogP contribution in [0.1, 0.15) is 0 Å². The van der Waals surface area contributed by atoms with Gasteiger partial charge in [0.2, 0.25) is 0 Å². The van der Waals surface area contributed by atoms with Gasteiger partial charge in [-0.15, -0.1) is 0 Å². The highest BCUT2D eigenvalue weighted by Crippen LogP contribution is 2.24. The first kappa shape index (κ1) is 10.8. The van der Waals surface area contributed by atoms with Gasteiger partial charge in [-0.3, -0.25) is 0 Å². The van der Waals surface area contributed by atoms with Crippen molar-refractivity contribution in [1.82, 2.24) is 9.55 Å². The van der Waals surface area contributed by atoms with E-state index in [0.29, 0.717) is 10.8 Å². The van der Waals surface area contributed by atoms with Crippen LogP contribution in [0.25, 0.3) is 11.0 Å². The fraction of sp³-hybridized carbons (Fsp3) is 0.300. The largest absolute Gasteiger partial charge is 0.396 e. The summed E-state index contributed by atoms with van der Waals surface area (Å²) in [5.74, 6) is 0.658. The van der Waals surface area contributed by atoms with Crippen molar-refractivity contribution in [2.75, 3.05) is 12.4 Å². The SMILES string of the molecule is Cn1c(SCCO)nc2cc(Cl)ccc21. The lowest BCUT2D eigenvalue weighted by atomic mass is 10.3. The van der Waals surface area contributed by atoms with Crippen molar-refractivity contribution < 1.29 is 5.11 Å². The fourth-order valence-electron chi connectivity index (χ4n) is 1.42. The normalized spacial score (nSPS) is 11.1. The molecule has 0 aliphatic rings. The number of hydrogen-bond acceptors (Lipinski definition) is 3. The van der Waals surface area contributed by atoms with E-state index in [1.807, 2.05) is 29.8 Å². The first-order valence-electron chi connectivity index (χ1n) is 4.58. The van der Waals surface area contributed by atoms with Crippen LogP contribution >= 0.6 is 23.4 Å². The molecule has 2 rings (SSSR count). The van der Waals surface area contributed by atoms with Gasteiger partial charge in [0, 0.05) is 17.8 Å². The number of imidazole rings is 1. The number of aliphatic hydroxyl groups excluding tert-OH is 1. The standard InChI is InChI=1S/C10H11ClN2OS/c1-13-9-3-2-7(11)6-8(9)12-10(13)15-5-4-14/h2-3,6,14H,4-5H2,1H3. The Labute approximate surface area is 97.1 Å². The van der Waals surface area contributed by atoms with Gasteiger partial charge >= 0.3 is 0 Å². The number of hydrogen-bond donors (Lipinski definition) is 1. The summed E-state index contributed by atoms with van der Waals surface area (Å²) in [7, 11) is 1.96. The van der Waals surface area contributed by atoms with Crippen molar-refractivity contribution in [3.63, 3.8) is 0 Å². The van der Waals surface area contributed by atoms with Crippen molar-refractivity contribution in [3.8, 4) is 0 Å². The second-order valence-corrected chi connectivity index (χ2v) is 4.66. The topological polar surface area (TPSA) is 38.0 Å². The number of aromatic nitrogens is 2. The zero-order valence-electron chi connectivity index (χ0n) is 8.27. The molecule has 1 N–H and O–H groups in total. The molecule has 0 saturated carbocycles. The molecule has 1 heterocycles. The average molecular weight is 243 g/mol. The molecule has 0 saturated heterocycles. The summed E-state index contributed by atoms with van der Waals surface area (Å²) in [5, 5.41) is 10.4. The lowest BCUT2D eigenvalue weighted by Gasteiger charge is -1.99. The molecule has 3 nitrogen and oxygen atoms in total. The van der Waals surface area contributed by atoms with Crippen LogP contribution in [0.4, 0.5) is 0 Å². The number of rotatable bonds is 3. The molecule has 5 heteroatoms. The molecule has 0 amide bonds. The van der Waals surface area contributed by atoms with Gasteiger partial charge in [0.1, 0.15) is 0 Å². The monoisotopic (exact) mass is 242 g/mol. The lowest BCUT2D eigenvalue weighted by Crippen LogP contribution is -1.93. The van der Waals surface area contributed by atoms with Gasteiger partial charge in [-0.25, -0.2) is 4.98 Å². The van der Waals surface area contributed by atoms with Crippen LogP contribution in [-0.4, -0.2) is 27.0 Å². The lowest BCUT2D eigenvalue weighted by molar-refractivity contribution is 0.322. The van der Waals surface area contributed by atoms with E-state index in [-0.39, 0.29) is 6.61 Å². The van der Waals surface area contributed by atoms with Gasteiger partial charge in [0.15, 0.2) is 5.16 Å². The Kier molecular flexibility index (Phi) is 3.19. The molecule has 15 heavy (non-hydrogen) atoms. The van der Waals surface area contributed by atoms with Gasteiger partial charge in [-0.1, -0.05) is 23.4 Å². The van der Waals surface area contributed by atoms with Crippen molar-refractivity contribution in [2.45, 2.75) is 5.16 Å². The maximum Gasteiger partial charge on any atom is 0.168 e. The minimum Gasteiger partial charge on any atom is -0.396 e. The van der Waals surface area contributed by atoms with Gasteiger partial charge < -0.3 is 9.67 Å². The van der Waals surface area contributed by atoms with Crippen LogP contribution in [-0.2, 0) is 7.05 Å². The summed E-state index contributed by atoms with van der Waals surface area (Å²) in [6, 6.07) is 5.65. The Morgan fingerprint density at radius 2 is 2.33 bits per heavy atom. The Hall–Kier alpha value is -0.710. The minimum absolute atomic E-state index is 0.161. The fourth-order valence-corrected chi connectivity index (χ4v) is 2.31. The molecule has 1 aromatic carbocycles. The maximum absolute atomic E-state index is 8.76. The van der Waals surface area contributed by atoms with Gasteiger partial charge in [-0.05, 0) is 18.2 Å². The van der Waals surface area contributed by atoms with E-state index >= 15 is 0 Å². The third kappa shape index (κ3) is 2.12. The van der Waals surface area contributed by atoms with Gasteiger partial charge in [0.05, 0.1) is 17.6 Å². The van der Waals surface area contributed by atoms with Crippen LogP contribution in [0.3, 0.4) is 0 Å². The van der Waals surface area contributed by atoms with E-state index in [1.165, 1.54) is 11.8 Å². The molecule has 0 atom stereocenters. The smallest absolute Gasteiger partial charge is 0.168 e. The predicted octanol–water partition coefficient (Wildman–Crippen LogP) is 2.31. The summed E-state index contributed by atoms with van der Waals surface area (Å²) in [5.41, 5.74) is 1.95. The zero-order chi connectivity index (χ0) is 10.8. The molecular weight excluding hydrogens is 232 g/mol. The first-order chi connectivity index (χ1) is 7.22. The summed E-state index contributed by atoms with van der Waals surface area (Å²) < 4.78 is 2.01. The summed E-state index contributed by atoms with van der Waals surface area (Å²) >= 11 is 7.43. The second-order valence-electron chi connectivity index (χ2n) is 3.16. The molecular formula is C10H11ClN2OS. The van der Waals surface area contributed by atoms with E-state index in [1.54, 1.807) is 0 Å². The molecule has 0 aliphatic heterocycles. The molecule has 0 fully saturated rings. The third-order valence-electron chi connectivity index (χ3n) is 2.12. The number of nitrogens with zero attached hydrogens (tertiary/aromatic N) is 2. The number of benzene rings is 1. The maximum atomic E-state index is 8.76. The molecule has 0 radical (unpaired) electrons. The molecule has 1 aromatic heterocycles. The van der Waals surface area contributed by atoms with Crippen molar-refractivity contribution >= 4 is 34.4 Å². The van der Waals surface area contributed by atoms with Crippen LogP contribution in [0, 0.1) is 0 Å². The van der Waals surface area contributed by atoms with E-state index in [9.17, 15) is 0 Å². The summed E-state index contributed by atoms with van der Waals surface area (Å²) in [6.45, 7) is 0.161. The van der Waals surface area contributed by atoms with Gasteiger partial charge in [-0.2, -0.15) is 0 Å². The van der Waals surface area contributed by atoms with Crippen LogP contribution in [0.2, 0.25) is 5.02 Å². The number of aryl methyl sites for hydroxylation is 1. The van der Waals surface area contributed by atoms with E-state index < -0.39 is 0 Å². The minimum atomic E-state index is 0.161. The zero-order valence-corrected chi connectivity index (χ0v) is 9.85. The molecule has 0 unspecified atom stereocenters. The quantitative estimate of drug-likeness (QED) is 0.840. The van der Waals surface area contributed by atoms with Crippen molar-refractivity contribution in [2.24, 2.45) is 7.05 Å². The van der Waals surface area contributed by atoms with Crippen LogP contribution < -0.4 is 0 Å². The highest BCUT2D eigenvalue weighted by atomic mass is 35.5. The number of halogens is 1. The Morgan fingerprint density at radius 1 is 1.53 bits per heavy atom. The van der Waals surface area contributed by atoms with E-state index in [2.05, 4.69) is 4.98 Å². The number of aliphatic hydroxyl groups is 1. The molecule has 0 bridgehead atoms. The third-order valence-corrected chi connectivity index (χ3v) is 3.37. The molecule has 2 aromatic rings. The Morgan fingerprint density at radius 3 is 3.07 bits per heavy atom. The number of thioether (sulfide) groups is 1. The van der Waals surface area contributed by atoms with Crippen molar-refractivity contribution in [1.29, 1.82) is 0 Å². The van der Waals surface area contributed by atoms with Crippen LogP contribution in [0.15, 0.2) is 23.4 Å². The predicted molar refractivity (Wildman–Crippen MR) is 63.5 cm³/mol. The summed E-state index contributed by atoms with van der Waals surface area (Å²) in [4.78, 5) is 4.44. The summed E-state index contributed by atoms with van der Waals surface area (Å²) in [6.07, 6.45) is 0. The molecule has 0 aliphatic carbocycles. The Bertz CT molecular complexity index is 483. The van der Waals surface area contributed by atoms with Gasteiger partial charge in [0.25, 0.3) is 0 Å². The van der Waals surface area contributed by atoms with Crippen LogP contribution in [0.5, 0.6) is 0 Å².